The molecule has 1 heterocycles. The largest absolute Gasteiger partial charge is 0.394 e. The van der Waals surface area contributed by atoms with Crippen molar-refractivity contribution in [2.45, 2.75) is 4.90 Å². The molecule has 3 aromatic carbocycles. The minimum atomic E-state index is -3.74. The van der Waals surface area contributed by atoms with Crippen LogP contribution >= 0.6 is 0 Å². The molecule has 0 unspecified atom stereocenters. The van der Waals surface area contributed by atoms with Crippen molar-refractivity contribution in [2.24, 2.45) is 9.50 Å². The van der Waals surface area contributed by atoms with E-state index in [1.807, 2.05) is 42.5 Å². The summed E-state index contributed by atoms with van der Waals surface area (Å²) in [6, 6.07) is 20.4. The third-order valence-electron chi connectivity index (χ3n) is 4.33. The minimum Gasteiger partial charge on any atom is -0.394 e. The van der Waals surface area contributed by atoms with Gasteiger partial charge in [0, 0.05) is 11.1 Å². The van der Waals surface area contributed by atoms with Crippen molar-refractivity contribution in [3.05, 3.63) is 77.9 Å². The Morgan fingerprint density at radius 1 is 1.00 bits per heavy atom. The van der Waals surface area contributed by atoms with Crippen molar-refractivity contribution in [2.75, 3.05) is 13.2 Å². The van der Waals surface area contributed by atoms with Gasteiger partial charge in [-0.2, -0.15) is 13.5 Å². The van der Waals surface area contributed by atoms with Gasteiger partial charge in [-0.1, -0.05) is 54.6 Å². The second-order valence-corrected chi connectivity index (χ2v) is 7.62. The molecule has 4 rings (SSSR count). The number of hydrazone groups is 1. The number of aliphatic hydroxyl groups excluding tert-OH is 1. The van der Waals surface area contributed by atoms with Gasteiger partial charge in [0.05, 0.1) is 19.4 Å². The summed E-state index contributed by atoms with van der Waals surface area (Å²) >= 11 is 0. The van der Waals surface area contributed by atoms with Gasteiger partial charge in [-0.15, -0.1) is 4.40 Å². The molecule has 3 aromatic rings. The molecule has 0 spiro atoms. The van der Waals surface area contributed by atoms with E-state index in [2.05, 4.69) is 9.50 Å². The van der Waals surface area contributed by atoms with Crippen molar-refractivity contribution < 1.29 is 13.5 Å². The van der Waals surface area contributed by atoms with Gasteiger partial charge in [-0.05, 0) is 22.9 Å². The first-order valence-corrected chi connectivity index (χ1v) is 9.89. The SMILES string of the molecule is O=S1(=O)N=C(N(CCO)/N=C\c2cccc3ccccc23)c2ccccc21. The van der Waals surface area contributed by atoms with Crippen molar-refractivity contribution >= 4 is 32.8 Å². The van der Waals surface area contributed by atoms with Gasteiger partial charge >= 0.3 is 0 Å². The Kier molecular flexibility index (Phi) is 4.47. The van der Waals surface area contributed by atoms with E-state index in [-0.39, 0.29) is 23.9 Å². The second-order valence-electron chi connectivity index (χ2n) is 6.05. The van der Waals surface area contributed by atoms with Crippen LogP contribution in [-0.4, -0.2) is 43.7 Å². The average Bonchev–Trinajstić information content (AvgIpc) is 2.96. The van der Waals surface area contributed by atoms with Crippen molar-refractivity contribution in [1.29, 1.82) is 0 Å². The summed E-state index contributed by atoms with van der Waals surface area (Å²) < 4.78 is 28.5. The van der Waals surface area contributed by atoms with E-state index < -0.39 is 10.0 Å². The van der Waals surface area contributed by atoms with Crippen molar-refractivity contribution in [3.8, 4) is 0 Å². The molecular weight excluding hydrogens is 362 g/mol. The summed E-state index contributed by atoms with van der Waals surface area (Å²) in [6.07, 6.45) is 1.66. The zero-order valence-corrected chi connectivity index (χ0v) is 15.2. The first-order chi connectivity index (χ1) is 13.1. The number of aliphatic hydroxyl groups is 1. The van der Waals surface area contributed by atoms with Crippen LogP contribution in [0.1, 0.15) is 11.1 Å². The third kappa shape index (κ3) is 3.22. The fourth-order valence-electron chi connectivity index (χ4n) is 3.08. The van der Waals surface area contributed by atoms with Crippen LogP contribution in [0.3, 0.4) is 0 Å². The minimum absolute atomic E-state index is 0.129. The second kappa shape index (κ2) is 6.94. The van der Waals surface area contributed by atoms with Crippen LogP contribution in [0.25, 0.3) is 10.8 Å². The number of hydrogen-bond donors (Lipinski definition) is 1. The molecule has 0 atom stereocenters. The van der Waals surface area contributed by atoms with Crippen LogP contribution in [0.4, 0.5) is 0 Å². The zero-order valence-electron chi connectivity index (χ0n) is 14.4. The van der Waals surface area contributed by atoms with E-state index in [0.717, 1.165) is 16.3 Å². The number of hydrogen-bond acceptors (Lipinski definition) is 5. The number of benzene rings is 3. The smallest absolute Gasteiger partial charge is 0.285 e. The van der Waals surface area contributed by atoms with Crippen LogP contribution < -0.4 is 0 Å². The molecule has 0 bridgehead atoms. The first-order valence-electron chi connectivity index (χ1n) is 8.45. The van der Waals surface area contributed by atoms with Gasteiger partial charge in [0.15, 0.2) is 5.84 Å². The van der Waals surface area contributed by atoms with Gasteiger partial charge in [0.2, 0.25) is 0 Å². The third-order valence-corrected chi connectivity index (χ3v) is 5.65. The summed E-state index contributed by atoms with van der Waals surface area (Å²) in [4.78, 5) is 0.156. The molecule has 136 valence electrons. The molecule has 27 heavy (non-hydrogen) atoms. The summed E-state index contributed by atoms with van der Waals surface area (Å²) in [5, 5.41) is 17.4. The molecule has 0 radical (unpaired) electrons. The Morgan fingerprint density at radius 3 is 2.59 bits per heavy atom. The van der Waals surface area contributed by atoms with E-state index in [4.69, 9.17) is 0 Å². The van der Waals surface area contributed by atoms with E-state index in [9.17, 15) is 13.5 Å². The standard InChI is InChI=1S/C20H17N3O3S/c24-13-12-23(20-18-10-3-4-11-19(18)27(25,26)22-20)21-14-16-8-5-7-15-6-1-2-9-17(15)16/h1-11,14,24H,12-13H2/b21-14-. The van der Waals surface area contributed by atoms with Crippen LogP contribution in [0.2, 0.25) is 0 Å². The highest BCUT2D eigenvalue weighted by atomic mass is 32.2. The van der Waals surface area contributed by atoms with Crippen LogP contribution in [-0.2, 0) is 10.0 Å². The number of rotatable bonds is 4. The lowest BCUT2D eigenvalue weighted by atomic mass is 10.1. The lowest BCUT2D eigenvalue weighted by Crippen LogP contribution is -2.28. The fraction of sp³-hybridized carbons (Fsp3) is 0.100. The maximum absolute atomic E-state index is 12.3. The van der Waals surface area contributed by atoms with Gasteiger partial charge < -0.3 is 5.11 Å². The predicted octanol–water partition coefficient (Wildman–Crippen LogP) is 2.62. The Bertz CT molecular complexity index is 1160. The lowest BCUT2D eigenvalue weighted by molar-refractivity contribution is 0.254. The van der Waals surface area contributed by atoms with Crippen LogP contribution in [0.5, 0.6) is 0 Å². The number of sulfonamides is 1. The fourth-order valence-corrected chi connectivity index (χ4v) is 4.29. The topological polar surface area (TPSA) is 82.3 Å². The predicted molar refractivity (Wildman–Crippen MR) is 105 cm³/mol. The Hall–Kier alpha value is -3.03. The van der Waals surface area contributed by atoms with Gasteiger partial charge in [-0.25, -0.2) is 5.01 Å². The molecule has 6 nitrogen and oxygen atoms in total. The highest BCUT2D eigenvalue weighted by Crippen LogP contribution is 2.27. The summed E-state index contributed by atoms with van der Waals surface area (Å²) in [5.41, 5.74) is 1.38. The molecule has 7 heteroatoms. The summed E-state index contributed by atoms with van der Waals surface area (Å²) in [7, 11) is -3.74. The van der Waals surface area contributed by atoms with E-state index >= 15 is 0 Å². The summed E-state index contributed by atoms with van der Waals surface area (Å²) in [6.45, 7) is -0.0575. The molecule has 0 saturated heterocycles. The molecule has 1 N–H and O–H groups in total. The van der Waals surface area contributed by atoms with Gasteiger partial charge in [0.1, 0.15) is 4.90 Å². The Balaban J connectivity index is 1.75. The molecule has 0 saturated carbocycles. The molecule has 1 aliphatic rings. The molecule has 0 amide bonds. The Morgan fingerprint density at radius 2 is 1.74 bits per heavy atom. The first kappa shape index (κ1) is 17.4. The van der Waals surface area contributed by atoms with E-state index in [1.54, 1.807) is 24.4 Å². The number of nitrogens with zero attached hydrogens (tertiary/aromatic N) is 3. The van der Waals surface area contributed by atoms with Gasteiger partial charge in [0.25, 0.3) is 10.0 Å². The Labute approximate surface area is 157 Å². The molecular formula is C20H17N3O3S. The lowest BCUT2D eigenvalue weighted by Gasteiger charge is -2.17. The molecule has 0 fully saturated rings. The van der Waals surface area contributed by atoms with E-state index in [1.165, 1.54) is 11.1 Å². The quantitative estimate of drug-likeness (QED) is 0.558. The molecule has 0 aliphatic carbocycles. The maximum Gasteiger partial charge on any atom is 0.285 e. The summed E-state index contributed by atoms with van der Waals surface area (Å²) in [5.74, 6) is 0.219. The molecule has 0 aromatic heterocycles. The van der Waals surface area contributed by atoms with Gasteiger partial charge in [-0.3, -0.25) is 0 Å². The normalized spacial score (nSPS) is 15.1. The van der Waals surface area contributed by atoms with Crippen LogP contribution in [0.15, 0.2) is 81.1 Å². The van der Waals surface area contributed by atoms with E-state index in [0.29, 0.717) is 5.56 Å². The monoisotopic (exact) mass is 379 g/mol. The van der Waals surface area contributed by atoms with Crippen molar-refractivity contribution in [1.82, 2.24) is 5.01 Å². The van der Waals surface area contributed by atoms with Crippen LogP contribution in [0, 0.1) is 0 Å². The molecule has 1 aliphatic heterocycles. The highest BCUT2D eigenvalue weighted by Gasteiger charge is 2.31. The number of amidine groups is 1. The number of fused-ring (bicyclic) bond motifs is 2. The average molecular weight is 379 g/mol. The highest BCUT2D eigenvalue weighted by molar-refractivity contribution is 7.90. The maximum atomic E-state index is 12.3. The zero-order chi connectivity index (χ0) is 18.9. The van der Waals surface area contributed by atoms with Crippen molar-refractivity contribution in [3.63, 3.8) is 0 Å².